The lowest BCUT2D eigenvalue weighted by molar-refractivity contribution is 0.161. The van der Waals surface area contributed by atoms with Crippen LogP contribution in [0.4, 0.5) is 0 Å². The summed E-state index contributed by atoms with van der Waals surface area (Å²) >= 11 is 0. The van der Waals surface area contributed by atoms with Gasteiger partial charge in [0, 0.05) is 45.2 Å². The topological polar surface area (TPSA) is 37.4 Å². The normalized spacial score (nSPS) is 12.9. The van der Waals surface area contributed by atoms with Gasteiger partial charge >= 0.3 is 0 Å². The number of rotatable bonds is 8. The van der Waals surface area contributed by atoms with Gasteiger partial charge in [-0.25, -0.2) is 0 Å². The molecule has 0 bridgehead atoms. The molecule has 0 spiro atoms. The molecule has 1 aromatic heterocycles. The number of ether oxygens (including phenoxy) is 1. The van der Waals surface area contributed by atoms with Crippen molar-refractivity contribution < 1.29 is 4.74 Å². The van der Waals surface area contributed by atoms with E-state index in [1.165, 1.54) is 5.56 Å². The van der Waals surface area contributed by atoms with Crippen LogP contribution in [-0.2, 0) is 4.74 Å². The molecule has 4 nitrogen and oxygen atoms in total. The molecule has 1 atom stereocenters. The molecule has 0 saturated heterocycles. The van der Waals surface area contributed by atoms with Gasteiger partial charge in [0.15, 0.2) is 0 Å². The standard InChI is InChI=1S/C13H23N3O/c1-12(13-4-6-14-7-5-13)15-8-9-16(2)10-11-17-3/h4-7,12,15H,8-11H2,1-3H3. The zero-order valence-electron chi connectivity index (χ0n) is 11.0. The first-order valence-corrected chi connectivity index (χ1v) is 6.05. The van der Waals surface area contributed by atoms with Gasteiger partial charge in [-0.15, -0.1) is 0 Å². The lowest BCUT2D eigenvalue weighted by Gasteiger charge is -2.19. The number of pyridine rings is 1. The van der Waals surface area contributed by atoms with Crippen molar-refractivity contribution in [3.05, 3.63) is 30.1 Å². The summed E-state index contributed by atoms with van der Waals surface area (Å²) in [4.78, 5) is 6.28. The summed E-state index contributed by atoms with van der Waals surface area (Å²) in [7, 11) is 3.84. The number of nitrogens with zero attached hydrogens (tertiary/aromatic N) is 2. The number of nitrogens with one attached hydrogen (secondary N) is 1. The zero-order valence-corrected chi connectivity index (χ0v) is 11.0. The van der Waals surface area contributed by atoms with Crippen LogP contribution < -0.4 is 5.32 Å². The molecule has 0 aliphatic rings. The van der Waals surface area contributed by atoms with E-state index in [0.29, 0.717) is 6.04 Å². The molecule has 1 N–H and O–H groups in total. The van der Waals surface area contributed by atoms with E-state index in [0.717, 1.165) is 26.2 Å². The second kappa shape index (κ2) is 8.17. The van der Waals surface area contributed by atoms with E-state index in [4.69, 9.17) is 4.74 Å². The largest absolute Gasteiger partial charge is 0.383 e. The summed E-state index contributed by atoms with van der Waals surface area (Å²) in [6, 6.07) is 4.47. The van der Waals surface area contributed by atoms with E-state index >= 15 is 0 Å². The minimum absolute atomic E-state index is 0.369. The number of hydrogen-bond donors (Lipinski definition) is 1. The van der Waals surface area contributed by atoms with Gasteiger partial charge in [0.2, 0.25) is 0 Å². The van der Waals surface area contributed by atoms with Crippen LogP contribution in [0.1, 0.15) is 18.5 Å². The highest BCUT2D eigenvalue weighted by atomic mass is 16.5. The molecule has 1 unspecified atom stereocenters. The van der Waals surface area contributed by atoms with E-state index in [9.17, 15) is 0 Å². The Morgan fingerprint density at radius 2 is 2.06 bits per heavy atom. The quantitative estimate of drug-likeness (QED) is 0.740. The maximum absolute atomic E-state index is 5.04. The molecule has 0 saturated carbocycles. The third-order valence-corrected chi connectivity index (χ3v) is 2.83. The number of hydrogen-bond acceptors (Lipinski definition) is 4. The Morgan fingerprint density at radius 1 is 1.35 bits per heavy atom. The highest BCUT2D eigenvalue weighted by Gasteiger charge is 2.04. The molecule has 1 rings (SSSR count). The van der Waals surface area contributed by atoms with Crippen molar-refractivity contribution in [2.75, 3.05) is 40.4 Å². The van der Waals surface area contributed by atoms with Gasteiger partial charge in [-0.05, 0) is 31.7 Å². The van der Waals surface area contributed by atoms with E-state index in [1.54, 1.807) is 7.11 Å². The average Bonchev–Trinajstić information content (AvgIpc) is 2.37. The van der Waals surface area contributed by atoms with Crippen molar-refractivity contribution in [1.82, 2.24) is 15.2 Å². The Kier molecular flexibility index (Phi) is 6.77. The predicted octanol–water partition coefficient (Wildman–Crippen LogP) is 1.31. The lowest BCUT2D eigenvalue weighted by Crippen LogP contribution is -2.32. The van der Waals surface area contributed by atoms with Gasteiger partial charge in [0.1, 0.15) is 0 Å². The monoisotopic (exact) mass is 237 g/mol. The van der Waals surface area contributed by atoms with Crippen LogP contribution in [0.2, 0.25) is 0 Å². The molecule has 1 aromatic rings. The summed E-state index contributed by atoms with van der Waals surface area (Å²) in [5.41, 5.74) is 1.28. The molecule has 96 valence electrons. The molecule has 0 amide bonds. The first-order valence-electron chi connectivity index (χ1n) is 6.05. The van der Waals surface area contributed by atoms with Crippen LogP contribution in [0.25, 0.3) is 0 Å². The molecule has 0 fully saturated rings. The maximum Gasteiger partial charge on any atom is 0.0589 e. The van der Waals surface area contributed by atoms with Crippen molar-refractivity contribution in [3.63, 3.8) is 0 Å². The third kappa shape index (κ3) is 5.77. The smallest absolute Gasteiger partial charge is 0.0589 e. The molecular formula is C13H23N3O. The summed E-state index contributed by atoms with van der Waals surface area (Å²) in [5, 5.41) is 3.50. The molecule has 1 heterocycles. The fourth-order valence-electron chi connectivity index (χ4n) is 1.60. The van der Waals surface area contributed by atoms with Crippen molar-refractivity contribution in [1.29, 1.82) is 0 Å². The van der Waals surface area contributed by atoms with Gasteiger partial charge in [-0.3, -0.25) is 4.98 Å². The zero-order chi connectivity index (χ0) is 12.5. The second-order valence-electron chi connectivity index (χ2n) is 4.25. The van der Waals surface area contributed by atoms with E-state index in [2.05, 4.69) is 29.2 Å². The Labute approximate surface area is 104 Å². The molecule has 0 radical (unpaired) electrons. The highest BCUT2D eigenvalue weighted by molar-refractivity contribution is 5.13. The maximum atomic E-state index is 5.04. The van der Waals surface area contributed by atoms with E-state index in [-0.39, 0.29) is 0 Å². The Hall–Kier alpha value is -0.970. The minimum Gasteiger partial charge on any atom is -0.383 e. The Balaban J connectivity index is 2.18. The molecule has 4 heteroatoms. The van der Waals surface area contributed by atoms with Crippen molar-refractivity contribution in [3.8, 4) is 0 Å². The van der Waals surface area contributed by atoms with Crippen LogP contribution in [0.5, 0.6) is 0 Å². The molecular weight excluding hydrogens is 214 g/mol. The van der Waals surface area contributed by atoms with Crippen LogP contribution in [-0.4, -0.2) is 50.3 Å². The van der Waals surface area contributed by atoms with Gasteiger partial charge in [0.25, 0.3) is 0 Å². The third-order valence-electron chi connectivity index (χ3n) is 2.83. The summed E-state index contributed by atoms with van der Waals surface area (Å²) in [5.74, 6) is 0. The lowest BCUT2D eigenvalue weighted by atomic mass is 10.1. The first-order chi connectivity index (χ1) is 8.24. The SMILES string of the molecule is COCCN(C)CCNC(C)c1ccncc1. The van der Waals surface area contributed by atoms with Gasteiger partial charge in [-0.2, -0.15) is 0 Å². The molecule has 0 aromatic carbocycles. The van der Waals surface area contributed by atoms with E-state index < -0.39 is 0 Å². The Morgan fingerprint density at radius 3 is 2.71 bits per heavy atom. The van der Waals surface area contributed by atoms with Crippen LogP contribution in [0.3, 0.4) is 0 Å². The predicted molar refractivity (Wildman–Crippen MR) is 70.0 cm³/mol. The number of likely N-dealkylation sites (N-methyl/N-ethyl adjacent to an activating group) is 1. The number of aromatic nitrogens is 1. The summed E-state index contributed by atoms with van der Waals surface area (Å²) in [6.45, 7) is 5.94. The van der Waals surface area contributed by atoms with Crippen LogP contribution in [0, 0.1) is 0 Å². The minimum atomic E-state index is 0.369. The van der Waals surface area contributed by atoms with Crippen molar-refractivity contribution in [2.45, 2.75) is 13.0 Å². The van der Waals surface area contributed by atoms with Crippen molar-refractivity contribution in [2.24, 2.45) is 0 Å². The van der Waals surface area contributed by atoms with Crippen LogP contribution in [0.15, 0.2) is 24.5 Å². The van der Waals surface area contributed by atoms with Gasteiger partial charge < -0.3 is 15.0 Å². The fourth-order valence-corrected chi connectivity index (χ4v) is 1.60. The van der Waals surface area contributed by atoms with Crippen LogP contribution >= 0.6 is 0 Å². The van der Waals surface area contributed by atoms with Gasteiger partial charge in [-0.1, -0.05) is 0 Å². The summed E-state index contributed by atoms with van der Waals surface area (Å²) < 4.78 is 5.04. The second-order valence-corrected chi connectivity index (χ2v) is 4.25. The summed E-state index contributed by atoms with van der Waals surface area (Å²) in [6.07, 6.45) is 3.66. The average molecular weight is 237 g/mol. The molecule has 17 heavy (non-hydrogen) atoms. The number of methoxy groups -OCH3 is 1. The van der Waals surface area contributed by atoms with Gasteiger partial charge in [0.05, 0.1) is 6.61 Å². The first kappa shape index (κ1) is 14.1. The molecule has 0 aliphatic heterocycles. The molecule has 0 aliphatic carbocycles. The van der Waals surface area contributed by atoms with E-state index in [1.807, 2.05) is 24.5 Å². The highest BCUT2D eigenvalue weighted by Crippen LogP contribution is 2.09. The Bertz CT molecular complexity index is 292. The fraction of sp³-hybridized carbons (Fsp3) is 0.615. The van der Waals surface area contributed by atoms with Crippen molar-refractivity contribution >= 4 is 0 Å².